The normalized spacial score (nSPS) is 19.3. The summed E-state index contributed by atoms with van der Waals surface area (Å²) in [7, 11) is 1.58. The third-order valence-electron chi connectivity index (χ3n) is 6.19. The van der Waals surface area contributed by atoms with E-state index in [1.807, 2.05) is 43.3 Å². The van der Waals surface area contributed by atoms with Crippen molar-refractivity contribution in [1.29, 1.82) is 0 Å². The molecule has 1 atom stereocenters. The Morgan fingerprint density at radius 2 is 1.94 bits per heavy atom. The number of carbonyl (C=O) groups is 3. The van der Waals surface area contributed by atoms with Crippen molar-refractivity contribution < 1.29 is 28.6 Å². The van der Waals surface area contributed by atoms with Gasteiger partial charge in [-0.15, -0.1) is 0 Å². The van der Waals surface area contributed by atoms with Crippen LogP contribution in [0.3, 0.4) is 0 Å². The summed E-state index contributed by atoms with van der Waals surface area (Å²) in [4.78, 5) is 40.8. The molecule has 4 rings (SSSR count). The third kappa shape index (κ3) is 4.57. The molecule has 0 aromatic heterocycles. The molecule has 0 saturated carbocycles. The number of hydrogen-bond acceptors (Lipinski definition) is 6. The first-order valence-corrected chi connectivity index (χ1v) is 11.0. The molecule has 33 heavy (non-hydrogen) atoms. The second-order valence-corrected chi connectivity index (χ2v) is 8.41. The van der Waals surface area contributed by atoms with E-state index in [0.717, 1.165) is 16.7 Å². The van der Waals surface area contributed by atoms with Gasteiger partial charge in [0.1, 0.15) is 0 Å². The van der Waals surface area contributed by atoms with Crippen molar-refractivity contribution in [1.82, 2.24) is 10.2 Å². The summed E-state index contributed by atoms with van der Waals surface area (Å²) in [6.07, 6.45) is 0.420. The highest BCUT2D eigenvalue weighted by Crippen LogP contribution is 2.41. The maximum absolute atomic E-state index is 13.6. The summed E-state index contributed by atoms with van der Waals surface area (Å²) in [6, 6.07) is 12.9. The van der Waals surface area contributed by atoms with Crippen molar-refractivity contribution in [3.63, 3.8) is 0 Å². The molecule has 1 saturated heterocycles. The van der Waals surface area contributed by atoms with Crippen LogP contribution in [0.2, 0.25) is 0 Å². The summed E-state index contributed by atoms with van der Waals surface area (Å²) in [6.45, 7) is 3.08. The van der Waals surface area contributed by atoms with Crippen molar-refractivity contribution in [2.24, 2.45) is 0 Å². The second kappa shape index (κ2) is 9.62. The number of methoxy groups -OCH3 is 1. The molecule has 0 spiro atoms. The Bertz CT molecular complexity index is 1070. The number of imide groups is 1. The van der Waals surface area contributed by atoms with Crippen LogP contribution in [0.5, 0.6) is 11.5 Å². The number of hydrogen-bond donors (Lipinski definition) is 1. The van der Waals surface area contributed by atoms with E-state index in [2.05, 4.69) is 5.32 Å². The zero-order chi connectivity index (χ0) is 23.4. The molecule has 0 unspecified atom stereocenters. The number of carbonyl (C=O) groups excluding carboxylic acids is 3. The molecule has 2 aromatic carbocycles. The van der Waals surface area contributed by atoms with Gasteiger partial charge < -0.3 is 19.5 Å². The fourth-order valence-electron chi connectivity index (χ4n) is 4.54. The topological polar surface area (TPSA) is 94.2 Å². The number of likely N-dealkylation sites (tertiary alicyclic amines) is 1. The Labute approximate surface area is 192 Å². The average Bonchev–Trinajstić information content (AvgIpc) is 3.36. The van der Waals surface area contributed by atoms with Crippen LogP contribution < -0.4 is 14.8 Å². The minimum absolute atomic E-state index is 0.0267. The van der Waals surface area contributed by atoms with Crippen LogP contribution in [0, 0.1) is 6.92 Å². The van der Waals surface area contributed by atoms with Gasteiger partial charge in [0.2, 0.25) is 24.5 Å². The summed E-state index contributed by atoms with van der Waals surface area (Å²) in [5, 5.41) is 2.90. The zero-order valence-electron chi connectivity index (χ0n) is 18.9. The number of ether oxygens (including phenoxy) is 3. The average molecular weight is 453 g/mol. The fourth-order valence-corrected chi connectivity index (χ4v) is 4.54. The van der Waals surface area contributed by atoms with Crippen LogP contribution in [0.15, 0.2) is 42.5 Å². The Balaban J connectivity index is 1.53. The molecule has 0 radical (unpaired) electrons. The van der Waals surface area contributed by atoms with Gasteiger partial charge in [-0.05, 0) is 42.2 Å². The lowest BCUT2D eigenvalue weighted by Crippen LogP contribution is -2.43. The van der Waals surface area contributed by atoms with Gasteiger partial charge >= 0.3 is 0 Å². The molecule has 1 fully saturated rings. The lowest BCUT2D eigenvalue weighted by atomic mass is 9.74. The maximum atomic E-state index is 13.6. The van der Waals surface area contributed by atoms with Crippen LogP contribution in [-0.2, 0) is 31.1 Å². The summed E-state index contributed by atoms with van der Waals surface area (Å²) < 4.78 is 15.8. The van der Waals surface area contributed by atoms with Crippen molar-refractivity contribution in [2.45, 2.75) is 38.1 Å². The van der Waals surface area contributed by atoms with Gasteiger partial charge in [-0.3, -0.25) is 19.3 Å². The van der Waals surface area contributed by atoms with E-state index in [1.165, 1.54) is 4.90 Å². The minimum atomic E-state index is -1.21. The molecule has 1 N–H and O–H groups in total. The molecule has 2 aromatic rings. The molecule has 8 nitrogen and oxygen atoms in total. The smallest absolute Gasteiger partial charge is 0.240 e. The van der Waals surface area contributed by atoms with E-state index < -0.39 is 5.41 Å². The minimum Gasteiger partial charge on any atom is -0.454 e. The van der Waals surface area contributed by atoms with E-state index in [9.17, 15) is 14.4 Å². The number of amides is 3. The SMILES string of the molecule is COCCCN1C(=O)C[C@@](CC(=O)NCc2ccc3c(c2)OCO3)(c2ccccc2C)C1=O. The lowest BCUT2D eigenvalue weighted by Gasteiger charge is -2.28. The fraction of sp³-hybridized carbons (Fsp3) is 0.400. The van der Waals surface area contributed by atoms with Crippen molar-refractivity contribution in [3.05, 3.63) is 59.2 Å². The molecular weight excluding hydrogens is 424 g/mol. The first-order valence-electron chi connectivity index (χ1n) is 11.0. The highest BCUT2D eigenvalue weighted by molar-refractivity contribution is 6.10. The van der Waals surface area contributed by atoms with Crippen molar-refractivity contribution in [2.75, 3.05) is 27.1 Å². The van der Waals surface area contributed by atoms with Crippen LogP contribution in [0.4, 0.5) is 0 Å². The van der Waals surface area contributed by atoms with Crippen LogP contribution in [0.25, 0.3) is 0 Å². The molecule has 2 aliphatic heterocycles. The molecular formula is C25H28N2O6. The Hall–Kier alpha value is -3.39. The Kier molecular flexibility index (Phi) is 6.65. The standard InChI is InChI=1S/C25H28N2O6/c1-17-6-3-4-7-19(17)25(14-23(29)27(24(25)30)10-5-11-31-2)13-22(28)26-15-18-8-9-20-21(12-18)33-16-32-20/h3-4,6-9,12H,5,10-11,13-16H2,1-2H3,(H,26,28)/t25-/m0/s1. The van der Waals surface area contributed by atoms with E-state index in [1.54, 1.807) is 13.2 Å². The summed E-state index contributed by atoms with van der Waals surface area (Å²) >= 11 is 0. The van der Waals surface area contributed by atoms with Gasteiger partial charge in [0.15, 0.2) is 11.5 Å². The van der Waals surface area contributed by atoms with E-state index in [4.69, 9.17) is 14.2 Å². The molecule has 2 heterocycles. The molecule has 3 amide bonds. The number of fused-ring (bicyclic) bond motifs is 1. The predicted molar refractivity (Wildman–Crippen MR) is 120 cm³/mol. The van der Waals surface area contributed by atoms with Crippen LogP contribution in [0.1, 0.15) is 36.0 Å². The Morgan fingerprint density at radius 3 is 2.73 bits per heavy atom. The summed E-state index contributed by atoms with van der Waals surface area (Å²) in [5.74, 6) is 0.434. The molecule has 2 aliphatic rings. The highest BCUT2D eigenvalue weighted by atomic mass is 16.7. The van der Waals surface area contributed by atoms with Gasteiger partial charge in [0, 0.05) is 39.6 Å². The van der Waals surface area contributed by atoms with Crippen molar-refractivity contribution >= 4 is 17.7 Å². The predicted octanol–water partition coefficient (Wildman–Crippen LogP) is 2.46. The van der Waals surface area contributed by atoms with E-state index in [0.29, 0.717) is 24.5 Å². The van der Waals surface area contributed by atoms with Gasteiger partial charge in [-0.2, -0.15) is 0 Å². The molecule has 0 aliphatic carbocycles. The van der Waals surface area contributed by atoms with Gasteiger partial charge in [-0.25, -0.2) is 0 Å². The zero-order valence-corrected chi connectivity index (χ0v) is 18.9. The maximum Gasteiger partial charge on any atom is 0.240 e. The van der Waals surface area contributed by atoms with Crippen molar-refractivity contribution in [3.8, 4) is 11.5 Å². The quantitative estimate of drug-likeness (QED) is 0.464. The Morgan fingerprint density at radius 1 is 1.15 bits per heavy atom. The van der Waals surface area contributed by atoms with Crippen LogP contribution in [-0.4, -0.2) is 49.7 Å². The number of rotatable bonds is 9. The molecule has 174 valence electrons. The molecule has 8 heteroatoms. The first-order chi connectivity index (χ1) is 15.9. The van der Waals surface area contributed by atoms with Gasteiger partial charge in [-0.1, -0.05) is 30.3 Å². The lowest BCUT2D eigenvalue weighted by molar-refractivity contribution is -0.141. The number of aryl methyl sites for hydroxylation is 1. The third-order valence-corrected chi connectivity index (χ3v) is 6.19. The van der Waals surface area contributed by atoms with E-state index >= 15 is 0 Å². The largest absolute Gasteiger partial charge is 0.454 e. The summed E-state index contributed by atoms with van der Waals surface area (Å²) in [5.41, 5.74) is 1.23. The number of nitrogens with one attached hydrogen (secondary N) is 1. The highest BCUT2D eigenvalue weighted by Gasteiger charge is 2.53. The van der Waals surface area contributed by atoms with E-state index in [-0.39, 0.29) is 50.4 Å². The first kappa shape index (κ1) is 22.8. The van der Waals surface area contributed by atoms with Gasteiger partial charge in [0.05, 0.1) is 5.41 Å². The van der Waals surface area contributed by atoms with Crippen LogP contribution >= 0.6 is 0 Å². The van der Waals surface area contributed by atoms with Gasteiger partial charge in [0.25, 0.3) is 0 Å². The number of nitrogens with zero attached hydrogens (tertiary/aromatic N) is 1. The molecule has 0 bridgehead atoms. The number of benzene rings is 2. The monoisotopic (exact) mass is 452 g/mol. The second-order valence-electron chi connectivity index (χ2n) is 8.41.